The van der Waals surface area contributed by atoms with Crippen molar-refractivity contribution >= 4 is 40.8 Å². The number of piperidine rings is 1. The predicted molar refractivity (Wildman–Crippen MR) is 76.7 cm³/mol. The number of ether oxygens (including phenoxy) is 1. The van der Waals surface area contributed by atoms with Crippen LogP contribution in [0.15, 0.2) is 0 Å². The van der Waals surface area contributed by atoms with Gasteiger partial charge in [-0.25, -0.2) is 0 Å². The zero-order valence-electron chi connectivity index (χ0n) is 10.8. The Morgan fingerprint density at radius 3 is 2.47 bits per heavy atom. The van der Waals surface area contributed by atoms with Crippen LogP contribution in [0.4, 0.5) is 0 Å². The lowest BCUT2D eigenvalue weighted by molar-refractivity contribution is -0.143. The molecule has 1 N–H and O–H groups in total. The monoisotopic (exact) mass is 331 g/mol. The third kappa shape index (κ3) is 8.20. The van der Waals surface area contributed by atoms with Crippen molar-refractivity contribution < 1.29 is 14.6 Å². The number of esters is 1. The summed E-state index contributed by atoms with van der Waals surface area (Å²) in [6, 6.07) is 0. The number of nitrogens with zero attached hydrogens (tertiary/aromatic N) is 1. The summed E-state index contributed by atoms with van der Waals surface area (Å²) in [5.41, 5.74) is 0. The van der Waals surface area contributed by atoms with E-state index < -0.39 is 3.79 Å². The number of likely N-dealkylation sites (tertiary alicyclic amines) is 1. The van der Waals surface area contributed by atoms with E-state index in [1.54, 1.807) is 0 Å². The SMILES string of the molecule is O=C(CCCN1CCC(CO)CC1)OCC(Cl)(Cl)Cl. The minimum atomic E-state index is -1.54. The highest BCUT2D eigenvalue weighted by molar-refractivity contribution is 6.67. The first-order valence-electron chi connectivity index (χ1n) is 6.46. The number of aliphatic hydroxyl groups excluding tert-OH is 1. The summed E-state index contributed by atoms with van der Waals surface area (Å²) >= 11 is 16.5. The first kappa shape index (κ1) is 17.3. The molecule has 0 atom stereocenters. The zero-order chi connectivity index (χ0) is 14.3. The average molecular weight is 333 g/mol. The van der Waals surface area contributed by atoms with Crippen LogP contribution in [0.5, 0.6) is 0 Å². The quantitative estimate of drug-likeness (QED) is 0.599. The van der Waals surface area contributed by atoms with Gasteiger partial charge in [0.1, 0.15) is 6.61 Å². The summed E-state index contributed by atoms with van der Waals surface area (Å²) < 4.78 is 3.30. The van der Waals surface area contributed by atoms with Crippen LogP contribution in [0, 0.1) is 5.92 Å². The number of halogens is 3. The van der Waals surface area contributed by atoms with Gasteiger partial charge >= 0.3 is 5.97 Å². The largest absolute Gasteiger partial charge is 0.461 e. The third-order valence-corrected chi connectivity index (χ3v) is 3.54. The minimum Gasteiger partial charge on any atom is -0.461 e. The van der Waals surface area contributed by atoms with E-state index in [0.717, 1.165) is 38.9 Å². The van der Waals surface area contributed by atoms with Crippen LogP contribution in [-0.4, -0.2) is 52.6 Å². The first-order valence-corrected chi connectivity index (χ1v) is 7.59. The Morgan fingerprint density at radius 2 is 1.95 bits per heavy atom. The summed E-state index contributed by atoms with van der Waals surface area (Å²) in [5, 5.41) is 9.04. The van der Waals surface area contributed by atoms with E-state index in [9.17, 15) is 4.79 Å². The van der Waals surface area contributed by atoms with Crippen LogP contribution in [0.1, 0.15) is 25.7 Å². The van der Waals surface area contributed by atoms with Crippen LogP contribution < -0.4 is 0 Å². The molecule has 0 aromatic carbocycles. The van der Waals surface area contributed by atoms with Crippen molar-refractivity contribution in [2.75, 3.05) is 32.8 Å². The third-order valence-electron chi connectivity index (χ3n) is 3.22. The number of aliphatic hydroxyl groups is 1. The lowest BCUT2D eigenvalue weighted by Gasteiger charge is -2.30. The maximum absolute atomic E-state index is 11.4. The first-order chi connectivity index (χ1) is 8.90. The Morgan fingerprint density at radius 1 is 1.32 bits per heavy atom. The Labute approximate surface area is 128 Å². The van der Waals surface area contributed by atoms with Crippen LogP contribution in [0.3, 0.4) is 0 Å². The molecule has 1 fully saturated rings. The van der Waals surface area contributed by atoms with E-state index in [4.69, 9.17) is 44.6 Å². The maximum atomic E-state index is 11.4. The topological polar surface area (TPSA) is 49.8 Å². The van der Waals surface area contributed by atoms with Gasteiger partial charge in [-0.05, 0) is 44.8 Å². The van der Waals surface area contributed by atoms with Crippen molar-refractivity contribution in [3.63, 3.8) is 0 Å². The van der Waals surface area contributed by atoms with Crippen molar-refractivity contribution in [2.24, 2.45) is 5.92 Å². The van der Waals surface area contributed by atoms with Gasteiger partial charge in [-0.1, -0.05) is 34.8 Å². The Kier molecular flexibility index (Phi) is 7.77. The van der Waals surface area contributed by atoms with E-state index in [-0.39, 0.29) is 19.2 Å². The van der Waals surface area contributed by atoms with Crippen molar-refractivity contribution in [1.29, 1.82) is 0 Å². The molecule has 0 aliphatic carbocycles. The summed E-state index contributed by atoms with van der Waals surface area (Å²) in [5.74, 6) is 0.0991. The molecule has 7 heteroatoms. The van der Waals surface area contributed by atoms with Crippen LogP contribution in [0.25, 0.3) is 0 Å². The van der Waals surface area contributed by atoms with Gasteiger partial charge in [0.15, 0.2) is 0 Å². The molecular formula is C12H20Cl3NO3. The van der Waals surface area contributed by atoms with E-state index in [0.29, 0.717) is 12.3 Å². The molecular weight excluding hydrogens is 312 g/mol. The van der Waals surface area contributed by atoms with Gasteiger partial charge in [0.25, 0.3) is 0 Å². The fraction of sp³-hybridized carbons (Fsp3) is 0.917. The van der Waals surface area contributed by atoms with Gasteiger partial charge in [0.2, 0.25) is 3.79 Å². The zero-order valence-corrected chi connectivity index (χ0v) is 13.1. The molecule has 0 aromatic rings. The molecule has 0 aromatic heterocycles. The highest BCUT2D eigenvalue weighted by Crippen LogP contribution is 2.26. The molecule has 1 aliphatic rings. The maximum Gasteiger partial charge on any atom is 0.305 e. The molecule has 1 aliphatic heterocycles. The van der Waals surface area contributed by atoms with E-state index in [1.807, 2.05) is 0 Å². The van der Waals surface area contributed by atoms with Gasteiger partial charge in [-0.3, -0.25) is 4.79 Å². The number of hydrogen-bond acceptors (Lipinski definition) is 4. The summed E-state index contributed by atoms with van der Waals surface area (Å²) in [6.45, 7) is 2.89. The molecule has 0 unspecified atom stereocenters. The van der Waals surface area contributed by atoms with Crippen molar-refractivity contribution in [3.8, 4) is 0 Å². The normalized spacial score (nSPS) is 18.5. The molecule has 0 bridgehead atoms. The van der Waals surface area contributed by atoms with E-state index in [2.05, 4.69) is 4.90 Å². The second kappa shape index (κ2) is 8.53. The molecule has 1 saturated heterocycles. The van der Waals surface area contributed by atoms with Gasteiger partial charge in [-0.2, -0.15) is 0 Å². The van der Waals surface area contributed by atoms with E-state index >= 15 is 0 Å². The van der Waals surface area contributed by atoms with Gasteiger partial charge < -0.3 is 14.7 Å². The summed E-state index contributed by atoms with van der Waals surface area (Å²) in [7, 11) is 0. The Hall–Kier alpha value is 0.260. The van der Waals surface area contributed by atoms with Crippen molar-refractivity contribution in [3.05, 3.63) is 0 Å². The smallest absolute Gasteiger partial charge is 0.305 e. The molecule has 19 heavy (non-hydrogen) atoms. The average Bonchev–Trinajstić information content (AvgIpc) is 2.36. The highest BCUT2D eigenvalue weighted by atomic mass is 35.6. The minimum absolute atomic E-state index is 0.210. The molecule has 4 nitrogen and oxygen atoms in total. The van der Waals surface area contributed by atoms with Gasteiger partial charge in [0.05, 0.1) is 0 Å². The lowest BCUT2D eigenvalue weighted by Crippen LogP contribution is -2.35. The van der Waals surface area contributed by atoms with Crippen LogP contribution in [0.2, 0.25) is 0 Å². The summed E-state index contributed by atoms with van der Waals surface area (Å²) in [6.07, 6.45) is 3.12. The predicted octanol–water partition coefficient (Wildman–Crippen LogP) is 2.38. The van der Waals surface area contributed by atoms with Gasteiger partial charge in [-0.15, -0.1) is 0 Å². The standard InChI is InChI=1S/C12H20Cl3NO3/c13-12(14,15)9-19-11(18)2-1-5-16-6-3-10(8-17)4-7-16/h10,17H,1-9H2. The molecule has 1 heterocycles. The fourth-order valence-corrected chi connectivity index (χ4v) is 2.24. The van der Waals surface area contributed by atoms with Crippen LogP contribution >= 0.6 is 34.8 Å². The number of hydrogen-bond donors (Lipinski definition) is 1. The second-order valence-corrected chi connectivity index (χ2v) is 7.36. The van der Waals surface area contributed by atoms with Crippen LogP contribution in [-0.2, 0) is 9.53 Å². The fourth-order valence-electron chi connectivity index (χ4n) is 2.07. The van der Waals surface area contributed by atoms with Crippen molar-refractivity contribution in [1.82, 2.24) is 4.90 Å². The number of rotatable bonds is 6. The second-order valence-electron chi connectivity index (χ2n) is 4.85. The number of alkyl halides is 3. The molecule has 1 rings (SSSR count). The number of carbonyl (C=O) groups excluding carboxylic acids is 1. The van der Waals surface area contributed by atoms with Crippen molar-refractivity contribution in [2.45, 2.75) is 29.5 Å². The molecule has 0 saturated carbocycles. The Bertz CT molecular complexity index is 276. The highest BCUT2D eigenvalue weighted by Gasteiger charge is 2.22. The van der Waals surface area contributed by atoms with Gasteiger partial charge in [0, 0.05) is 13.0 Å². The Balaban J connectivity index is 2.06. The lowest BCUT2D eigenvalue weighted by atomic mass is 9.98. The molecule has 0 radical (unpaired) electrons. The van der Waals surface area contributed by atoms with E-state index in [1.165, 1.54) is 0 Å². The molecule has 0 spiro atoms. The number of carbonyl (C=O) groups is 1. The summed E-state index contributed by atoms with van der Waals surface area (Å²) in [4.78, 5) is 13.7. The molecule has 112 valence electrons. The molecule has 0 amide bonds.